The Morgan fingerprint density at radius 2 is 0.672 bits per heavy atom. The van der Waals surface area contributed by atoms with E-state index in [1.165, 1.54) is 22.3 Å². The Morgan fingerprint density at radius 1 is 0.293 bits per heavy atom. The molecule has 0 aliphatic rings. The maximum Gasteiger partial charge on any atom is 0.148 e. The summed E-state index contributed by atoms with van der Waals surface area (Å²) in [6, 6.07) is 81.7. The molecule has 0 heterocycles. The van der Waals surface area contributed by atoms with E-state index >= 15 is 0 Å². The van der Waals surface area contributed by atoms with Crippen LogP contribution in [0.2, 0.25) is 5.02 Å². The summed E-state index contributed by atoms with van der Waals surface area (Å²) in [6.07, 6.45) is 0. The second-order valence-corrected chi connectivity index (χ2v) is 14.3. The van der Waals surface area contributed by atoms with Crippen LogP contribution in [0.5, 0.6) is 11.5 Å². The molecule has 0 spiro atoms. The lowest BCUT2D eigenvalue weighted by Crippen LogP contribution is -2.10. The molecule has 278 valence electrons. The number of hydrogen-bond acceptors (Lipinski definition) is 3. The molecule has 0 saturated heterocycles. The van der Waals surface area contributed by atoms with Crippen molar-refractivity contribution in [1.82, 2.24) is 0 Å². The molecule has 0 aromatic heterocycles. The summed E-state index contributed by atoms with van der Waals surface area (Å²) >= 11 is 7.23. The average Bonchev–Trinajstić information content (AvgIpc) is 3.30. The van der Waals surface area contributed by atoms with E-state index < -0.39 is 0 Å². The molecule has 0 atom stereocenters. The third-order valence-corrected chi connectivity index (χ3v) is 10.5. The van der Waals surface area contributed by atoms with Crippen LogP contribution in [-0.2, 0) is 0 Å². The molecule has 9 aromatic carbocycles. The number of para-hydroxylation sites is 3. The molecular weight excluding hydrogens is 728 g/mol. The standard InChI is InChI=1S/C54H39ClN2O/c55-54-52(57(47-27-9-3-10-28-47)48-29-11-4-12-30-48)34-17-35-53(54)58-51-33-16-32-50(39-51)56(46-25-7-2-8-26-46)49-31-15-24-45(38-49)44-23-14-22-43(37-44)42-21-13-20-41(36-42)40-18-5-1-6-19-40/h1-39H. The van der Waals surface area contributed by atoms with Crippen molar-refractivity contribution in [1.29, 1.82) is 0 Å². The Kier molecular flexibility index (Phi) is 10.5. The molecule has 0 radical (unpaired) electrons. The lowest BCUT2D eigenvalue weighted by Gasteiger charge is -2.27. The Morgan fingerprint density at radius 3 is 1.22 bits per heavy atom. The number of ether oxygens (including phenoxy) is 1. The molecular formula is C54H39ClN2O. The van der Waals surface area contributed by atoms with Crippen LogP contribution in [0.1, 0.15) is 0 Å². The van der Waals surface area contributed by atoms with Crippen LogP contribution in [0.25, 0.3) is 33.4 Å². The van der Waals surface area contributed by atoms with Gasteiger partial charge in [0.1, 0.15) is 16.5 Å². The van der Waals surface area contributed by atoms with Crippen LogP contribution in [0.15, 0.2) is 237 Å². The van der Waals surface area contributed by atoms with Gasteiger partial charge in [-0.3, -0.25) is 0 Å². The van der Waals surface area contributed by atoms with E-state index in [-0.39, 0.29) is 0 Å². The second kappa shape index (κ2) is 16.8. The largest absolute Gasteiger partial charge is 0.456 e. The smallest absolute Gasteiger partial charge is 0.148 e. The van der Waals surface area contributed by atoms with Crippen LogP contribution in [0.4, 0.5) is 34.1 Å². The SMILES string of the molecule is Clc1c(Oc2cccc(N(c3ccccc3)c3cccc(-c4cccc(-c5cccc(-c6ccccc6)c5)c4)c3)c2)cccc1N(c1ccccc1)c1ccccc1. The predicted molar refractivity (Wildman–Crippen MR) is 244 cm³/mol. The van der Waals surface area contributed by atoms with Crippen molar-refractivity contribution < 1.29 is 4.74 Å². The van der Waals surface area contributed by atoms with E-state index in [1.54, 1.807) is 0 Å². The summed E-state index contributed by atoms with van der Waals surface area (Å²) < 4.78 is 6.63. The molecule has 0 fully saturated rings. The topological polar surface area (TPSA) is 15.7 Å². The fourth-order valence-corrected chi connectivity index (χ4v) is 7.63. The van der Waals surface area contributed by atoms with Gasteiger partial charge in [0.15, 0.2) is 0 Å². The first kappa shape index (κ1) is 36.3. The van der Waals surface area contributed by atoms with E-state index in [9.17, 15) is 0 Å². The molecule has 0 saturated carbocycles. The molecule has 58 heavy (non-hydrogen) atoms. The van der Waals surface area contributed by atoms with Gasteiger partial charge in [-0.05, 0) is 118 Å². The number of anilines is 6. The van der Waals surface area contributed by atoms with Crippen LogP contribution in [0.3, 0.4) is 0 Å². The highest BCUT2D eigenvalue weighted by Crippen LogP contribution is 2.45. The van der Waals surface area contributed by atoms with E-state index in [2.05, 4.69) is 174 Å². The number of nitrogens with zero attached hydrogens (tertiary/aromatic N) is 2. The number of benzene rings is 9. The molecule has 0 N–H and O–H groups in total. The van der Waals surface area contributed by atoms with Gasteiger partial charge in [-0.15, -0.1) is 0 Å². The van der Waals surface area contributed by atoms with Crippen molar-refractivity contribution in [3.8, 4) is 44.9 Å². The number of halogens is 1. The van der Waals surface area contributed by atoms with E-state index in [0.29, 0.717) is 16.5 Å². The van der Waals surface area contributed by atoms with Gasteiger partial charge in [0.05, 0.1) is 5.69 Å². The van der Waals surface area contributed by atoms with E-state index in [0.717, 1.165) is 45.3 Å². The molecule has 9 aromatic rings. The molecule has 0 bridgehead atoms. The molecule has 0 aliphatic carbocycles. The zero-order valence-electron chi connectivity index (χ0n) is 31.7. The third-order valence-electron chi connectivity index (χ3n) is 10.1. The quantitative estimate of drug-likeness (QED) is 0.130. The van der Waals surface area contributed by atoms with Crippen LogP contribution in [0, 0.1) is 0 Å². The molecule has 0 aliphatic heterocycles. The molecule has 0 unspecified atom stereocenters. The first-order valence-corrected chi connectivity index (χ1v) is 19.7. The fourth-order valence-electron chi connectivity index (χ4n) is 7.38. The minimum Gasteiger partial charge on any atom is -0.456 e. The van der Waals surface area contributed by atoms with E-state index in [4.69, 9.17) is 16.3 Å². The van der Waals surface area contributed by atoms with Crippen molar-refractivity contribution in [3.05, 3.63) is 242 Å². The van der Waals surface area contributed by atoms with Crippen LogP contribution >= 0.6 is 11.6 Å². The Bertz CT molecular complexity index is 2730. The van der Waals surface area contributed by atoms with Gasteiger partial charge >= 0.3 is 0 Å². The van der Waals surface area contributed by atoms with Crippen molar-refractivity contribution in [2.75, 3.05) is 9.80 Å². The Hall–Kier alpha value is -7.33. The van der Waals surface area contributed by atoms with Gasteiger partial charge in [0.25, 0.3) is 0 Å². The van der Waals surface area contributed by atoms with E-state index in [1.807, 2.05) is 72.8 Å². The summed E-state index contributed by atoms with van der Waals surface area (Å²) in [5.41, 5.74) is 12.9. The number of hydrogen-bond donors (Lipinski definition) is 0. The average molecular weight is 767 g/mol. The monoisotopic (exact) mass is 766 g/mol. The first-order valence-electron chi connectivity index (χ1n) is 19.4. The minimum absolute atomic E-state index is 0.516. The number of rotatable bonds is 11. The summed E-state index contributed by atoms with van der Waals surface area (Å²) in [6.45, 7) is 0. The van der Waals surface area contributed by atoms with Crippen molar-refractivity contribution >= 4 is 45.7 Å². The lowest BCUT2D eigenvalue weighted by molar-refractivity contribution is 0.483. The summed E-state index contributed by atoms with van der Waals surface area (Å²) in [4.78, 5) is 4.40. The second-order valence-electron chi connectivity index (χ2n) is 13.9. The maximum atomic E-state index is 7.23. The highest BCUT2D eigenvalue weighted by molar-refractivity contribution is 6.35. The Balaban J connectivity index is 1.05. The summed E-state index contributed by atoms with van der Waals surface area (Å²) in [7, 11) is 0. The van der Waals surface area contributed by atoms with Crippen LogP contribution < -0.4 is 14.5 Å². The van der Waals surface area contributed by atoms with Gasteiger partial charge in [0.2, 0.25) is 0 Å². The maximum absolute atomic E-state index is 7.23. The molecule has 9 rings (SSSR count). The first-order chi connectivity index (χ1) is 28.7. The molecule has 4 heteroatoms. The molecule has 0 amide bonds. The zero-order chi connectivity index (χ0) is 39.1. The fraction of sp³-hybridized carbons (Fsp3) is 0. The normalized spacial score (nSPS) is 10.8. The highest BCUT2D eigenvalue weighted by atomic mass is 35.5. The predicted octanol–water partition coefficient (Wildman–Crippen LogP) is 16.1. The highest BCUT2D eigenvalue weighted by Gasteiger charge is 2.19. The minimum atomic E-state index is 0.516. The van der Waals surface area contributed by atoms with Crippen molar-refractivity contribution in [2.24, 2.45) is 0 Å². The van der Waals surface area contributed by atoms with Crippen LogP contribution in [-0.4, -0.2) is 0 Å². The third kappa shape index (κ3) is 7.85. The summed E-state index contributed by atoms with van der Waals surface area (Å²) in [5, 5.41) is 0.516. The molecule has 3 nitrogen and oxygen atoms in total. The van der Waals surface area contributed by atoms with Gasteiger partial charge in [0, 0.05) is 34.5 Å². The van der Waals surface area contributed by atoms with Gasteiger partial charge < -0.3 is 14.5 Å². The lowest BCUT2D eigenvalue weighted by atomic mass is 9.96. The Labute approximate surface area is 345 Å². The van der Waals surface area contributed by atoms with Crippen molar-refractivity contribution in [2.45, 2.75) is 0 Å². The summed E-state index contributed by atoms with van der Waals surface area (Å²) in [5.74, 6) is 1.24. The van der Waals surface area contributed by atoms with Gasteiger partial charge in [-0.2, -0.15) is 0 Å². The van der Waals surface area contributed by atoms with Crippen molar-refractivity contribution in [3.63, 3.8) is 0 Å². The van der Waals surface area contributed by atoms with Gasteiger partial charge in [-0.1, -0.05) is 157 Å². The zero-order valence-corrected chi connectivity index (χ0v) is 32.5. The van der Waals surface area contributed by atoms with Gasteiger partial charge in [-0.25, -0.2) is 0 Å².